The zero-order chi connectivity index (χ0) is 15.3. The van der Waals surface area contributed by atoms with Crippen molar-refractivity contribution in [2.24, 2.45) is 0 Å². The smallest absolute Gasteiger partial charge is 0.248 e. The number of nitrogens with one attached hydrogen (secondary N) is 1. The Morgan fingerprint density at radius 3 is 2.59 bits per heavy atom. The molecule has 0 unspecified atom stereocenters. The number of hydrogen-bond donors (Lipinski definition) is 1. The Balaban J connectivity index is 1.77. The van der Waals surface area contributed by atoms with Gasteiger partial charge in [0.25, 0.3) is 0 Å². The summed E-state index contributed by atoms with van der Waals surface area (Å²) in [6, 6.07) is 6.29. The minimum atomic E-state index is 0.187. The van der Waals surface area contributed by atoms with E-state index >= 15 is 0 Å². The van der Waals surface area contributed by atoms with Crippen LogP contribution in [0.25, 0.3) is 11.0 Å². The predicted octanol–water partition coefficient (Wildman–Crippen LogP) is 4.90. The van der Waals surface area contributed by atoms with Gasteiger partial charge >= 0.3 is 0 Å². The maximum Gasteiger partial charge on any atom is 0.248 e. The molecule has 1 aromatic carbocycles. The number of H-pyrrole nitrogens is 1. The van der Waals surface area contributed by atoms with Crippen molar-refractivity contribution in [3.8, 4) is 11.6 Å². The van der Waals surface area contributed by atoms with Gasteiger partial charge in [-0.15, -0.1) is 0 Å². The monoisotopic (exact) mass is 313 g/mol. The van der Waals surface area contributed by atoms with Crippen LogP contribution in [0.15, 0.2) is 24.4 Å². The molecule has 4 nitrogen and oxygen atoms in total. The minimum absolute atomic E-state index is 0.187. The van der Waals surface area contributed by atoms with Crippen molar-refractivity contribution in [3.63, 3.8) is 0 Å². The molecule has 112 valence electrons. The van der Waals surface area contributed by atoms with E-state index in [0.29, 0.717) is 5.88 Å². The number of aromatic nitrogens is 3. The van der Waals surface area contributed by atoms with E-state index in [1.807, 2.05) is 6.07 Å². The number of halogens is 1. The SMILES string of the molecule is Cc1cc(C2CC2)cc(C)c1Oc1nc(Cl)nc2cc[nH]c12. The van der Waals surface area contributed by atoms with E-state index in [0.717, 1.165) is 33.8 Å². The number of nitrogens with zero attached hydrogens (tertiary/aromatic N) is 2. The number of hydrogen-bond acceptors (Lipinski definition) is 3. The van der Waals surface area contributed by atoms with Crippen LogP contribution in [-0.2, 0) is 0 Å². The summed E-state index contributed by atoms with van der Waals surface area (Å²) in [5.74, 6) is 2.04. The maximum atomic E-state index is 6.08. The third-order valence-corrected chi connectivity index (χ3v) is 4.24. The Labute approximate surface area is 133 Å². The lowest BCUT2D eigenvalue weighted by Gasteiger charge is -2.13. The van der Waals surface area contributed by atoms with Crippen LogP contribution in [0.5, 0.6) is 11.6 Å². The van der Waals surface area contributed by atoms with Gasteiger partial charge in [-0.3, -0.25) is 0 Å². The molecule has 3 aromatic rings. The fourth-order valence-electron chi connectivity index (χ4n) is 2.86. The number of aryl methyl sites for hydroxylation is 2. The fraction of sp³-hybridized carbons (Fsp3) is 0.294. The molecule has 4 rings (SSSR count). The quantitative estimate of drug-likeness (QED) is 0.700. The highest BCUT2D eigenvalue weighted by Gasteiger charge is 2.25. The Morgan fingerprint density at radius 1 is 1.18 bits per heavy atom. The van der Waals surface area contributed by atoms with E-state index < -0.39 is 0 Å². The lowest BCUT2D eigenvalue weighted by atomic mass is 10.0. The molecule has 1 N–H and O–H groups in total. The molecular formula is C17H16ClN3O. The maximum absolute atomic E-state index is 6.08. The molecule has 1 aliphatic rings. The molecule has 0 radical (unpaired) electrons. The van der Waals surface area contributed by atoms with E-state index in [4.69, 9.17) is 16.3 Å². The highest BCUT2D eigenvalue weighted by Crippen LogP contribution is 2.43. The topological polar surface area (TPSA) is 50.8 Å². The van der Waals surface area contributed by atoms with E-state index in [1.165, 1.54) is 18.4 Å². The van der Waals surface area contributed by atoms with Crippen LogP contribution < -0.4 is 4.74 Å². The second-order valence-electron chi connectivity index (χ2n) is 5.90. The van der Waals surface area contributed by atoms with Crippen molar-refractivity contribution in [2.45, 2.75) is 32.6 Å². The minimum Gasteiger partial charge on any atom is -0.436 e. The van der Waals surface area contributed by atoms with Gasteiger partial charge in [-0.1, -0.05) is 12.1 Å². The summed E-state index contributed by atoms with van der Waals surface area (Å²) < 4.78 is 6.08. The molecule has 2 heterocycles. The third kappa shape index (κ3) is 2.33. The molecule has 0 bridgehead atoms. The van der Waals surface area contributed by atoms with E-state index in [-0.39, 0.29) is 5.28 Å². The normalized spacial score (nSPS) is 14.5. The standard InChI is InChI=1S/C17H16ClN3O/c1-9-7-12(11-3-4-11)8-10(2)15(9)22-16-14-13(5-6-19-14)20-17(18)21-16/h5-8,11,19H,3-4H2,1-2H3. The van der Waals surface area contributed by atoms with E-state index in [9.17, 15) is 0 Å². The first-order valence-electron chi connectivity index (χ1n) is 7.41. The van der Waals surface area contributed by atoms with Crippen molar-refractivity contribution in [1.82, 2.24) is 15.0 Å². The first-order chi connectivity index (χ1) is 10.6. The molecule has 0 amide bonds. The molecule has 22 heavy (non-hydrogen) atoms. The second-order valence-corrected chi connectivity index (χ2v) is 6.23. The van der Waals surface area contributed by atoms with Crippen LogP contribution in [0.2, 0.25) is 5.28 Å². The van der Waals surface area contributed by atoms with Crippen LogP contribution in [0, 0.1) is 13.8 Å². The number of fused-ring (bicyclic) bond motifs is 1. The zero-order valence-electron chi connectivity index (χ0n) is 12.5. The summed E-state index contributed by atoms with van der Waals surface area (Å²) in [5.41, 5.74) is 5.16. The van der Waals surface area contributed by atoms with Crippen molar-refractivity contribution in [1.29, 1.82) is 0 Å². The first-order valence-corrected chi connectivity index (χ1v) is 7.79. The van der Waals surface area contributed by atoms with Crippen LogP contribution in [0.4, 0.5) is 0 Å². The summed E-state index contributed by atoms with van der Waals surface area (Å²) in [6.45, 7) is 4.14. The average molecular weight is 314 g/mol. The molecule has 5 heteroatoms. The molecule has 1 saturated carbocycles. The van der Waals surface area contributed by atoms with E-state index in [2.05, 4.69) is 40.9 Å². The number of ether oxygens (including phenoxy) is 1. The van der Waals surface area contributed by atoms with Crippen LogP contribution in [0.1, 0.15) is 35.4 Å². The fourth-order valence-corrected chi connectivity index (χ4v) is 3.03. The summed E-state index contributed by atoms with van der Waals surface area (Å²) in [4.78, 5) is 11.5. The molecule has 0 atom stereocenters. The Hall–Kier alpha value is -2.07. The average Bonchev–Trinajstić information content (AvgIpc) is 3.21. The second kappa shape index (κ2) is 4.99. The van der Waals surface area contributed by atoms with Gasteiger partial charge in [-0.05, 0) is 67.0 Å². The van der Waals surface area contributed by atoms with Crippen molar-refractivity contribution < 1.29 is 4.74 Å². The van der Waals surface area contributed by atoms with E-state index in [1.54, 1.807) is 6.20 Å². The van der Waals surface area contributed by atoms with Gasteiger partial charge in [0.15, 0.2) is 0 Å². The van der Waals surface area contributed by atoms with Gasteiger partial charge in [0.1, 0.15) is 11.3 Å². The Bertz CT molecular complexity index is 844. The number of aromatic amines is 1. The highest BCUT2D eigenvalue weighted by molar-refractivity contribution is 6.28. The predicted molar refractivity (Wildman–Crippen MR) is 86.9 cm³/mol. The largest absolute Gasteiger partial charge is 0.436 e. The summed E-state index contributed by atoms with van der Waals surface area (Å²) in [7, 11) is 0. The Kier molecular flexibility index (Phi) is 3.08. The van der Waals surface area contributed by atoms with Crippen molar-refractivity contribution >= 4 is 22.6 Å². The van der Waals surface area contributed by atoms with Crippen molar-refractivity contribution in [2.75, 3.05) is 0 Å². The molecule has 0 spiro atoms. The molecule has 0 saturated heterocycles. The molecule has 0 aliphatic heterocycles. The van der Waals surface area contributed by atoms with Crippen LogP contribution >= 0.6 is 11.6 Å². The lowest BCUT2D eigenvalue weighted by Crippen LogP contribution is -1.97. The summed E-state index contributed by atoms with van der Waals surface area (Å²) in [5, 5.41) is 0.187. The summed E-state index contributed by atoms with van der Waals surface area (Å²) in [6.07, 6.45) is 4.39. The van der Waals surface area contributed by atoms with Crippen molar-refractivity contribution in [3.05, 3.63) is 46.4 Å². The molecule has 2 aromatic heterocycles. The number of benzene rings is 1. The van der Waals surface area contributed by atoms with Gasteiger partial charge in [-0.25, -0.2) is 4.98 Å². The molecule has 1 aliphatic carbocycles. The van der Waals surface area contributed by atoms with Gasteiger partial charge in [0, 0.05) is 6.20 Å². The van der Waals surface area contributed by atoms with Gasteiger partial charge in [-0.2, -0.15) is 4.98 Å². The molecular weight excluding hydrogens is 298 g/mol. The lowest BCUT2D eigenvalue weighted by molar-refractivity contribution is 0.460. The first kappa shape index (κ1) is 13.6. The van der Waals surface area contributed by atoms with Gasteiger partial charge < -0.3 is 9.72 Å². The Morgan fingerprint density at radius 2 is 1.91 bits per heavy atom. The van der Waals surface area contributed by atoms with Gasteiger partial charge in [0.05, 0.1) is 5.52 Å². The number of rotatable bonds is 3. The zero-order valence-corrected chi connectivity index (χ0v) is 13.2. The summed E-state index contributed by atoms with van der Waals surface area (Å²) >= 11 is 5.99. The van der Waals surface area contributed by atoms with Crippen LogP contribution in [0.3, 0.4) is 0 Å². The molecule has 1 fully saturated rings. The van der Waals surface area contributed by atoms with Crippen LogP contribution in [-0.4, -0.2) is 15.0 Å². The highest BCUT2D eigenvalue weighted by atomic mass is 35.5. The third-order valence-electron chi connectivity index (χ3n) is 4.08. The van der Waals surface area contributed by atoms with Gasteiger partial charge in [0.2, 0.25) is 11.2 Å².